The number of halogens is 1. The molecule has 0 spiro atoms. The van der Waals surface area contributed by atoms with Crippen molar-refractivity contribution in [3.63, 3.8) is 0 Å². The third-order valence-electron chi connectivity index (χ3n) is 5.60. The smallest absolute Gasteiger partial charge is 0.315 e. The van der Waals surface area contributed by atoms with E-state index >= 15 is 0 Å². The normalized spacial score (nSPS) is 10.9. The molecule has 0 atom stereocenters. The number of imidazole rings is 1. The SMILES string of the molecule is Cn1c(CNC(=O)NCCCC(=O)n2ccnc2)c(-c2ccccc2)c2cc(Cl)ccc2c1=O. The number of carbonyl (C=O) groups is 2. The molecule has 0 aliphatic carbocycles. The summed E-state index contributed by atoms with van der Waals surface area (Å²) in [7, 11) is 1.69. The maximum absolute atomic E-state index is 13.0. The van der Waals surface area contributed by atoms with Gasteiger partial charge in [-0.1, -0.05) is 41.9 Å². The fraction of sp³-hybridized carbons (Fsp3) is 0.200. The molecular formula is C25H24ClN5O3. The molecule has 174 valence electrons. The number of hydrogen-bond donors (Lipinski definition) is 2. The van der Waals surface area contributed by atoms with E-state index in [4.69, 9.17) is 11.6 Å². The number of benzene rings is 2. The van der Waals surface area contributed by atoms with Crippen LogP contribution in [-0.4, -0.2) is 32.6 Å². The zero-order valence-electron chi connectivity index (χ0n) is 18.6. The Morgan fingerprint density at radius 1 is 1.06 bits per heavy atom. The lowest BCUT2D eigenvalue weighted by molar-refractivity contribution is 0.0899. The second-order valence-corrected chi connectivity index (χ2v) is 8.25. The highest BCUT2D eigenvalue weighted by molar-refractivity contribution is 6.31. The van der Waals surface area contributed by atoms with Crippen molar-refractivity contribution in [3.05, 3.63) is 88.3 Å². The fourth-order valence-electron chi connectivity index (χ4n) is 3.87. The lowest BCUT2D eigenvalue weighted by atomic mass is 9.96. The summed E-state index contributed by atoms with van der Waals surface area (Å²) in [6.07, 6.45) is 5.37. The molecule has 8 nitrogen and oxygen atoms in total. The number of hydrogen-bond acceptors (Lipinski definition) is 4. The standard InChI is InChI=1S/C25H24ClN5O3/c1-30-21(15-29-25(34)28-11-5-8-22(32)31-13-12-27-16-31)23(17-6-3-2-4-7-17)20-14-18(26)9-10-19(20)24(30)33/h2-4,6-7,9-10,12-14,16H,5,8,11,15H2,1H3,(H2,28,29,34). The van der Waals surface area contributed by atoms with Gasteiger partial charge in [-0.25, -0.2) is 9.78 Å². The van der Waals surface area contributed by atoms with Gasteiger partial charge in [0.25, 0.3) is 5.56 Å². The molecule has 0 bridgehead atoms. The Hall–Kier alpha value is -3.91. The zero-order valence-corrected chi connectivity index (χ0v) is 19.4. The van der Waals surface area contributed by atoms with Gasteiger partial charge in [-0.05, 0) is 35.6 Å². The average Bonchev–Trinajstić information content (AvgIpc) is 3.38. The maximum Gasteiger partial charge on any atom is 0.315 e. The minimum Gasteiger partial charge on any atom is -0.338 e. The summed E-state index contributed by atoms with van der Waals surface area (Å²) in [5.41, 5.74) is 2.25. The average molecular weight is 478 g/mol. The number of carbonyl (C=O) groups excluding carboxylic acids is 2. The van der Waals surface area contributed by atoms with Crippen molar-refractivity contribution in [3.8, 4) is 11.1 Å². The van der Waals surface area contributed by atoms with E-state index in [0.29, 0.717) is 29.1 Å². The Labute approximate surface area is 201 Å². The van der Waals surface area contributed by atoms with Crippen LogP contribution in [0, 0.1) is 0 Å². The van der Waals surface area contributed by atoms with Crippen LogP contribution in [0.4, 0.5) is 4.79 Å². The van der Waals surface area contributed by atoms with E-state index in [1.54, 1.807) is 42.2 Å². The molecule has 9 heteroatoms. The molecule has 0 aliphatic heterocycles. The van der Waals surface area contributed by atoms with Crippen molar-refractivity contribution < 1.29 is 9.59 Å². The molecule has 2 N–H and O–H groups in total. The highest BCUT2D eigenvalue weighted by atomic mass is 35.5. The second kappa shape index (κ2) is 10.4. The van der Waals surface area contributed by atoms with E-state index < -0.39 is 0 Å². The van der Waals surface area contributed by atoms with Crippen LogP contribution in [0.2, 0.25) is 5.02 Å². The van der Waals surface area contributed by atoms with Crippen molar-refractivity contribution in [1.29, 1.82) is 0 Å². The summed E-state index contributed by atoms with van der Waals surface area (Å²) in [6, 6.07) is 14.5. The molecule has 2 aromatic carbocycles. The van der Waals surface area contributed by atoms with E-state index in [1.807, 2.05) is 30.3 Å². The van der Waals surface area contributed by atoms with E-state index in [0.717, 1.165) is 16.5 Å². The van der Waals surface area contributed by atoms with Gasteiger partial charge < -0.3 is 15.2 Å². The highest BCUT2D eigenvalue weighted by Gasteiger charge is 2.17. The molecule has 34 heavy (non-hydrogen) atoms. The predicted molar refractivity (Wildman–Crippen MR) is 132 cm³/mol. The largest absolute Gasteiger partial charge is 0.338 e. The van der Waals surface area contributed by atoms with Crippen molar-refractivity contribution in [2.24, 2.45) is 7.05 Å². The summed E-state index contributed by atoms with van der Waals surface area (Å²) in [4.78, 5) is 41.3. The van der Waals surface area contributed by atoms with E-state index in [-0.39, 0.29) is 30.5 Å². The molecule has 2 heterocycles. The first kappa shape index (κ1) is 23.3. The van der Waals surface area contributed by atoms with Crippen LogP contribution in [0.1, 0.15) is 23.3 Å². The van der Waals surface area contributed by atoms with Crippen LogP contribution in [0.25, 0.3) is 21.9 Å². The summed E-state index contributed by atoms with van der Waals surface area (Å²) in [5, 5.41) is 7.40. The number of pyridine rings is 1. The molecule has 2 aromatic heterocycles. The quantitative estimate of drug-likeness (QED) is 0.393. The first-order chi connectivity index (χ1) is 16.5. The molecule has 2 amide bonds. The summed E-state index contributed by atoms with van der Waals surface area (Å²) >= 11 is 6.26. The minimum absolute atomic E-state index is 0.0861. The van der Waals surface area contributed by atoms with Gasteiger partial charge in [-0.2, -0.15) is 0 Å². The molecule has 0 radical (unpaired) electrons. The number of urea groups is 1. The number of fused-ring (bicyclic) bond motifs is 1. The molecule has 0 aliphatic rings. The summed E-state index contributed by atoms with van der Waals surface area (Å²) in [6.45, 7) is 0.474. The Balaban J connectivity index is 1.50. The third kappa shape index (κ3) is 5.02. The van der Waals surface area contributed by atoms with Crippen LogP contribution in [0.15, 0.2) is 72.0 Å². The van der Waals surface area contributed by atoms with Gasteiger partial charge in [-0.15, -0.1) is 0 Å². The van der Waals surface area contributed by atoms with Crippen molar-refractivity contribution in [2.45, 2.75) is 19.4 Å². The third-order valence-corrected chi connectivity index (χ3v) is 5.84. The van der Waals surface area contributed by atoms with Crippen molar-refractivity contribution in [2.75, 3.05) is 6.54 Å². The van der Waals surface area contributed by atoms with Gasteiger partial charge in [0.2, 0.25) is 5.91 Å². The molecule has 4 aromatic rings. The van der Waals surface area contributed by atoms with Crippen LogP contribution in [0.5, 0.6) is 0 Å². The Morgan fingerprint density at radius 2 is 1.85 bits per heavy atom. The van der Waals surface area contributed by atoms with Crippen LogP contribution in [-0.2, 0) is 13.6 Å². The lowest BCUT2D eigenvalue weighted by Gasteiger charge is -2.18. The van der Waals surface area contributed by atoms with E-state index in [2.05, 4.69) is 15.6 Å². The Kier molecular flexibility index (Phi) is 7.08. The molecule has 0 fully saturated rings. The first-order valence-corrected chi connectivity index (χ1v) is 11.2. The van der Waals surface area contributed by atoms with Crippen molar-refractivity contribution in [1.82, 2.24) is 24.8 Å². The van der Waals surface area contributed by atoms with E-state index in [9.17, 15) is 14.4 Å². The molecule has 0 saturated heterocycles. The lowest BCUT2D eigenvalue weighted by Crippen LogP contribution is -2.37. The van der Waals surface area contributed by atoms with Gasteiger partial charge in [0, 0.05) is 54.1 Å². The van der Waals surface area contributed by atoms with Crippen LogP contribution >= 0.6 is 11.6 Å². The molecule has 0 unspecified atom stereocenters. The summed E-state index contributed by atoms with van der Waals surface area (Å²) < 4.78 is 2.97. The summed E-state index contributed by atoms with van der Waals surface area (Å²) in [5.74, 6) is -0.0861. The number of rotatable bonds is 7. The van der Waals surface area contributed by atoms with Gasteiger partial charge >= 0.3 is 6.03 Å². The second-order valence-electron chi connectivity index (χ2n) is 7.82. The molecule has 0 saturated carbocycles. The van der Waals surface area contributed by atoms with Crippen molar-refractivity contribution >= 4 is 34.3 Å². The molecule has 4 rings (SSSR count). The zero-order chi connectivity index (χ0) is 24.1. The fourth-order valence-corrected chi connectivity index (χ4v) is 4.05. The number of nitrogens with zero attached hydrogens (tertiary/aromatic N) is 3. The maximum atomic E-state index is 13.0. The Morgan fingerprint density at radius 3 is 2.59 bits per heavy atom. The number of nitrogens with one attached hydrogen (secondary N) is 2. The predicted octanol–water partition coefficient (Wildman–Crippen LogP) is 3.98. The van der Waals surface area contributed by atoms with Crippen LogP contribution in [0.3, 0.4) is 0 Å². The van der Waals surface area contributed by atoms with Gasteiger partial charge in [-0.3, -0.25) is 14.2 Å². The van der Waals surface area contributed by atoms with Gasteiger partial charge in [0.15, 0.2) is 0 Å². The number of amides is 2. The van der Waals surface area contributed by atoms with E-state index in [1.165, 1.54) is 10.9 Å². The van der Waals surface area contributed by atoms with Gasteiger partial charge in [0.05, 0.1) is 6.54 Å². The minimum atomic E-state index is -0.382. The van der Waals surface area contributed by atoms with Crippen LogP contribution < -0.4 is 16.2 Å². The Bertz CT molecular complexity index is 1380. The van der Waals surface area contributed by atoms with Gasteiger partial charge in [0.1, 0.15) is 6.33 Å². The molecular weight excluding hydrogens is 454 g/mol. The monoisotopic (exact) mass is 477 g/mol. The number of aromatic nitrogens is 3. The first-order valence-electron chi connectivity index (χ1n) is 10.8. The highest BCUT2D eigenvalue weighted by Crippen LogP contribution is 2.32. The topological polar surface area (TPSA) is 98.0 Å².